The average Bonchev–Trinajstić information content (AvgIpc) is 2.98. The van der Waals surface area contributed by atoms with Gasteiger partial charge >= 0.3 is 6.03 Å². The number of carbonyl (C=O) groups is 1. The minimum absolute atomic E-state index is 0.161. The van der Waals surface area contributed by atoms with E-state index in [1.165, 1.54) is 0 Å². The summed E-state index contributed by atoms with van der Waals surface area (Å²) in [7, 11) is 1.57. The number of carbonyl (C=O) groups excluding carboxylic acids is 1. The number of oxazole rings is 1. The summed E-state index contributed by atoms with van der Waals surface area (Å²) in [4.78, 5) is 18.6. The number of amides is 2. The summed E-state index contributed by atoms with van der Waals surface area (Å²) in [6.07, 6.45) is -0.378. The van der Waals surface area contributed by atoms with Crippen LogP contribution in [0.1, 0.15) is 26.7 Å². The highest BCUT2D eigenvalue weighted by Crippen LogP contribution is 2.27. The fraction of sp³-hybridized carbons (Fsp3) is 0.529. The van der Waals surface area contributed by atoms with Crippen molar-refractivity contribution >= 4 is 22.8 Å². The number of ether oxygens (including phenoxy) is 2. The van der Waals surface area contributed by atoms with Gasteiger partial charge in [-0.15, -0.1) is 0 Å². The largest absolute Gasteiger partial charge is 0.440 e. The highest BCUT2D eigenvalue weighted by Gasteiger charge is 2.24. The first-order valence-corrected chi connectivity index (χ1v) is 7.98. The highest BCUT2D eigenvalue weighted by atomic mass is 16.7. The van der Waals surface area contributed by atoms with Crippen molar-refractivity contribution < 1.29 is 18.7 Å². The maximum absolute atomic E-state index is 12.4. The number of aromatic nitrogens is 1. The molecule has 0 aliphatic carbocycles. The zero-order chi connectivity index (χ0) is 17.3. The third kappa shape index (κ3) is 3.52. The van der Waals surface area contributed by atoms with Gasteiger partial charge in [0, 0.05) is 24.8 Å². The normalized spacial score (nSPS) is 18.8. The van der Waals surface area contributed by atoms with Gasteiger partial charge in [-0.2, -0.15) is 0 Å². The van der Waals surface area contributed by atoms with Gasteiger partial charge in [0.05, 0.1) is 13.2 Å². The summed E-state index contributed by atoms with van der Waals surface area (Å²) in [5.41, 5.74) is 1.96. The Balaban J connectivity index is 1.74. The summed E-state index contributed by atoms with van der Waals surface area (Å²) < 4.78 is 16.3. The molecule has 2 heterocycles. The standard InChI is InChI=1S/C17H23N3O4/c1-17(2,3)15-19-12-9-11(5-6-13(12)24-15)18-16(21)20-7-8-23-14(10-20)22-4/h5-6,9,14H,7-8,10H2,1-4H3,(H,18,21)/t14-/m1/s1. The van der Waals surface area contributed by atoms with Gasteiger partial charge in [-0.05, 0) is 18.2 Å². The first-order chi connectivity index (χ1) is 11.4. The third-order valence-corrected chi connectivity index (χ3v) is 3.86. The monoisotopic (exact) mass is 333 g/mol. The van der Waals surface area contributed by atoms with E-state index in [2.05, 4.69) is 10.3 Å². The predicted octanol–water partition coefficient (Wildman–Crippen LogP) is 2.96. The van der Waals surface area contributed by atoms with Gasteiger partial charge in [0.25, 0.3) is 0 Å². The maximum atomic E-state index is 12.4. The van der Waals surface area contributed by atoms with E-state index in [1.54, 1.807) is 12.0 Å². The van der Waals surface area contributed by atoms with E-state index in [0.29, 0.717) is 36.9 Å². The number of nitrogens with zero attached hydrogens (tertiary/aromatic N) is 2. The molecule has 1 aromatic heterocycles. The van der Waals surface area contributed by atoms with Gasteiger partial charge in [-0.1, -0.05) is 20.8 Å². The Morgan fingerprint density at radius 3 is 2.92 bits per heavy atom. The molecular formula is C17H23N3O4. The number of fused-ring (bicyclic) bond motifs is 1. The highest BCUT2D eigenvalue weighted by molar-refractivity contribution is 5.91. The van der Waals surface area contributed by atoms with Crippen molar-refractivity contribution in [2.24, 2.45) is 0 Å². The van der Waals surface area contributed by atoms with Gasteiger partial charge in [-0.3, -0.25) is 0 Å². The van der Waals surface area contributed by atoms with Crippen LogP contribution in [0.15, 0.2) is 22.6 Å². The number of benzene rings is 1. The quantitative estimate of drug-likeness (QED) is 0.914. The smallest absolute Gasteiger partial charge is 0.322 e. The summed E-state index contributed by atoms with van der Waals surface area (Å²) in [5, 5.41) is 2.89. The zero-order valence-corrected chi connectivity index (χ0v) is 14.5. The number of urea groups is 1. The third-order valence-electron chi connectivity index (χ3n) is 3.86. The number of anilines is 1. The summed E-state index contributed by atoms with van der Waals surface area (Å²) in [5.74, 6) is 0.678. The number of hydrogen-bond donors (Lipinski definition) is 1. The molecule has 7 heteroatoms. The molecule has 130 valence electrons. The van der Waals surface area contributed by atoms with Crippen LogP contribution in [-0.2, 0) is 14.9 Å². The molecule has 1 fully saturated rings. The van der Waals surface area contributed by atoms with Gasteiger partial charge in [0.2, 0.25) is 5.89 Å². The Labute approximate surface area is 140 Å². The fourth-order valence-corrected chi connectivity index (χ4v) is 2.47. The molecule has 0 radical (unpaired) electrons. The summed E-state index contributed by atoms with van der Waals surface area (Å²) >= 11 is 0. The minimum Gasteiger partial charge on any atom is -0.440 e. The first kappa shape index (κ1) is 16.7. The van der Waals surface area contributed by atoms with E-state index in [1.807, 2.05) is 39.0 Å². The summed E-state index contributed by atoms with van der Waals surface area (Å²) in [6, 6.07) is 5.27. The molecular weight excluding hydrogens is 310 g/mol. The molecule has 0 bridgehead atoms. The zero-order valence-electron chi connectivity index (χ0n) is 14.5. The van der Waals surface area contributed by atoms with Crippen LogP contribution >= 0.6 is 0 Å². The van der Waals surface area contributed by atoms with Crippen LogP contribution in [0, 0.1) is 0 Å². The minimum atomic E-state index is -0.378. The number of methoxy groups -OCH3 is 1. The van der Waals surface area contributed by atoms with Gasteiger partial charge < -0.3 is 24.1 Å². The molecule has 0 saturated carbocycles. The Hall–Kier alpha value is -2.12. The van der Waals surface area contributed by atoms with Gasteiger partial charge in [-0.25, -0.2) is 9.78 Å². The van der Waals surface area contributed by atoms with Crippen LogP contribution in [0.3, 0.4) is 0 Å². The van der Waals surface area contributed by atoms with Crippen LogP contribution in [0.2, 0.25) is 0 Å². The maximum Gasteiger partial charge on any atom is 0.322 e. The molecule has 24 heavy (non-hydrogen) atoms. The van der Waals surface area contributed by atoms with Crippen molar-refractivity contribution in [2.75, 3.05) is 32.1 Å². The molecule has 1 aliphatic rings. The Morgan fingerprint density at radius 1 is 1.42 bits per heavy atom. The Kier molecular flexibility index (Phi) is 4.47. The van der Waals surface area contributed by atoms with E-state index in [-0.39, 0.29) is 17.7 Å². The second-order valence-electron chi connectivity index (χ2n) is 6.86. The molecule has 1 aromatic carbocycles. The van der Waals surface area contributed by atoms with E-state index >= 15 is 0 Å². The van der Waals surface area contributed by atoms with Crippen molar-refractivity contribution in [1.29, 1.82) is 0 Å². The predicted molar refractivity (Wildman–Crippen MR) is 90.0 cm³/mol. The second-order valence-corrected chi connectivity index (χ2v) is 6.86. The number of rotatable bonds is 2. The second kappa shape index (κ2) is 6.41. The molecule has 2 amide bonds. The van der Waals surface area contributed by atoms with Crippen LogP contribution in [0.4, 0.5) is 10.5 Å². The molecule has 2 aromatic rings. The van der Waals surface area contributed by atoms with Crippen LogP contribution < -0.4 is 5.32 Å². The molecule has 1 aliphatic heterocycles. The molecule has 0 unspecified atom stereocenters. The van der Waals surface area contributed by atoms with Crippen LogP contribution in [0.5, 0.6) is 0 Å². The molecule has 0 spiro atoms. The lowest BCUT2D eigenvalue weighted by atomic mass is 9.97. The molecule has 3 rings (SSSR count). The van der Waals surface area contributed by atoms with Gasteiger partial charge in [0.15, 0.2) is 11.9 Å². The summed E-state index contributed by atoms with van der Waals surface area (Å²) in [6.45, 7) is 7.54. The Bertz CT molecular complexity index is 735. The van der Waals surface area contributed by atoms with Crippen molar-refractivity contribution in [2.45, 2.75) is 32.5 Å². The van der Waals surface area contributed by atoms with Crippen LogP contribution in [-0.4, -0.2) is 49.0 Å². The van der Waals surface area contributed by atoms with Crippen molar-refractivity contribution in [3.05, 3.63) is 24.1 Å². The van der Waals surface area contributed by atoms with Crippen molar-refractivity contribution in [3.8, 4) is 0 Å². The SMILES string of the molecule is CO[C@H]1CN(C(=O)Nc2ccc3oc(C(C)(C)C)nc3c2)CCO1. The van der Waals surface area contributed by atoms with Gasteiger partial charge in [0.1, 0.15) is 5.52 Å². The Morgan fingerprint density at radius 2 is 2.21 bits per heavy atom. The lowest BCUT2D eigenvalue weighted by Crippen LogP contribution is -2.47. The lowest BCUT2D eigenvalue weighted by molar-refractivity contribution is -0.155. The number of morpholine rings is 1. The van der Waals surface area contributed by atoms with E-state index in [9.17, 15) is 4.79 Å². The topological polar surface area (TPSA) is 76.8 Å². The van der Waals surface area contributed by atoms with E-state index < -0.39 is 0 Å². The molecule has 7 nitrogen and oxygen atoms in total. The lowest BCUT2D eigenvalue weighted by Gasteiger charge is -2.31. The molecule has 1 atom stereocenters. The van der Waals surface area contributed by atoms with Crippen LogP contribution in [0.25, 0.3) is 11.1 Å². The molecule has 1 saturated heterocycles. The van der Waals surface area contributed by atoms with Crippen molar-refractivity contribution in [3.63, 3.8) is 0 Å². The van der Waals surface area contributed by atoms with E-state index in [4.69, 9.17) is 13.9 Å². The fourth-order valence-electron chi connectivity index (χ4n) is 2.47. The number of nitrogens with one attached hydrogen (secondary N) is 1. The molecule has 1 N–H and O–H groups in total. The van der Waals surface area contributed by atoms with Crippen molar-refractivity contribution in [1.82, 2.24) is 9.88 Å². The van der Waals surface area contributed by atoms with E-state index in [0.717, 1.165) is 5.52 Å². The first-order valence-electron chi connectivity index (χ1n) is 7.98. The average molecular weight is 333 g/mol. The number of hydrogen-bond acceptors (Lipinski definition) is 5.